The van der Waals surface area contributed by atoms with Crippen LogP contribution in [0.1, 0.15) is 6.42 Å². The van der Waals surface area contributed by atoms with Gasteiger partial charge in [-0.1, -0.05) is 0 Å². The minimum absolute atomic E-state index is 0.115. The number of aliphatic hydroxyl groups excluding tert-OH is 1. The molecule has 1 aliphatic rings. The third kappa shape index (κ3) is 1.89. The van der Waals surface area contributed by atoms with Gasteiger partial charge in [0.1, 0.15) is 0 Å². The first-order valence-electron chi connectivity index (χ1n) is 4.55. The second kappa shape index (κ2) is 3.82. The van der Waals surface area contributed by atoms with Gasteiger partial charge < -0.3 is 14.7 Å². The quantitative estimate of drug-likeness (QED) is 0.716. The Labute approximate surface area is 86.5 Å². The average molecular weight is 209 g/mol. The molecule has 1 fully saturated rings. The van der Waals surface area contributed by atoms with Gasteiger partial charge in [0.25, 0.3) is 0 Å². The van der Waals surface area contributed by atoms with E-state index in [2.05, 4.69) is 9.97 Å². The van der Waals surface area contributed by atoms with E-state index in [-0.39, 0.29) is 18.3 Å². The Hall–Kier alpha value is -1.69. The van der Waals surface area contributed by atoms with Crippen LogP contribution in [-0.2, 0) is 4.79 Å². The van der Waals surface area contributed by atoms with E-state index in [1.807, 2.05) is 0 Å². The molecule has 0 bridgehead atoms. The van der Waals surface area contributed by atoms with E-state index in [4.69, 9.17) is 4.74 Å². The Balaban J connectivity index is 2.19. The highest BCUT2D eigenvalue weighted by molar-refractivity contribution is 5.95. The predicted molar refractivity (Wildman–Crippen MR) is 51.6 cm³/mol. The molecule has 80 valence electrons. The van der Waals surface area contributed by atoms with Gasteiger partial charge in [-0.25, -0.2) is 9.97 Å². The summed E-state index contributed by atoms with van der Waals surface area (Å²) in [5.74, 6) is -0.115. The zero-order valence-electron chi connectivity index (χ0n) is 8.25. The minimum Gasteiger partial charge on any atom is -0.467 e. The molecule has 0 saturated carbocycles. The third-order valence-electron chi connectivity index (χ3n) is 2.21. The number of carbonyl (C=O) groups is 1. The summed E-state index contributed by atoms with van der Waals surface area (Å²) in [6.07, 6.45) is 2.56. The minimum atomic E-state index is -0.598. The zero-order chi connectivity index (χ0) is 10.8. The number of anilines is 1. The van der Waals surface area contributed by atoms with E-state index in [9.17, 15) is 9.90 Å². The maximum Gasteiger partial charge on any atom is 0.316 e. The van der Waals surface area contributed by atoms with Gasteiger partial charge >= 0.3 is 6.01 Å². The van der Waals surface area contributed by atoms with Crippen LogP contribution in [0.3, 0.4) is 0 Å². The van der Waals surface area contributed by atoms with Crippen LogP contribution in [0, 0.1) is 0 Å². The number of methoxy groups -OCH3 is 1. The van der Waals surface area contributed by atoms with E-state index < -0.39 is 6.10 Å². The molecule has 2 rings (SSSR count). The van der Waals surface area contributed by atoms with E-state index in [1.54, 1.807) is 0 Å². The van der Waals surface area contributed by atoms with E-state index in [1.165, 1.54) is 24.4 Å². The molecule has 1 aromatic rings. The van der Waals surface area contributed by atoms with Crippen molar-refractivity contribution < 1.29 is 14.6 Å². The Morgan fingerprint density at radius 2 is 2.20 bits per heavy atom. The molecule has 0 aromatic carbocycles. The van der Waals surface area contributed by atoms with Crippen molar-refractivity contribution in [3.8, 4) is 6.01 Å². The molecule has 15 heavy (non-hydrogen) atoms. The second-order valence-corrected chi connectivity index (χ2v) is 3.29. The van der Waals surface area contributed by atoms with Gasteiger partial charge in [0.05, 0.1) is 44.3 Å². The van der Waals surface area contributed by atoms with Gasteiger partial charge in [-0.3, -0.25) is 4.79 Å². The summed E-state index contributed by atoms with van der Waals surface area (Å²) in [5, 5.41) is 9.30. The van der Waals surface area contributed by atoms with E-state index in [0.29, 0.717) is 12.2 Å². The molecule has 2 heterocycles. The van der Waals surface area contributed by atoms with Gasteiger partial charge in [0.15, 0.2) is 0 Å². The summed E-state index contributed by atoms with van der Waals surface area (Å²) in [6, 6.07) is 0.256. The largest absolute Gasteiger partial charge is 0.467 e. The van der Waals surface area contributed by atoms with Crippen molar-refractivity contribution in [2.75, 3.05) is 18.6 Å². The van der Waals surface area contributed by atoms with Gasteiger partial charge in [-0.15, -0.1) is 0 Å². The number of β-amino-alcohol motifs (C(OH)–C–C–N with tert-alkyl or cyclic N) is 1. The summed E-state index contributed by atoms with van der Waals surface area (Å²) >= 11 is 0. The number of amides is 1. The lowest BCUT2D eigenvalue weighted by Crippen LogP contribution is -2.25. The van der Waals surface area contributed by atoms with E-state index >= 15 is 0 Å². The smallest absolute Gasteiger partial charge is 0.316 e. The van der Waals surface area contributed by atoms with Crippen LogP contribution >= 0.6 is 0 Å². The number of nitrogens with zero attached hydrogens (tertiary/aromatic N) is 3. The fourth-order valence-electron chi connectivity index (χ4n) is 1.49. The average Bonchev–Trinajstić information content (AvgIpc) is 2.58. The number of aliphatic hydroxyl groups is 1. The molecular weight excluding hydrogens is 198 g/mol. The summed E-state index contributed by atoms with van der Waals surface area (Å²) in [4.78, 5) is 20.7. The third-order valence-corrected chi connectivity index (χ3v) is 2.21. The number of rotatable bonds is 2. The lowest BCUT2D eigenvalue weighted by Gasteiger charge is -2.14. The molecule has 1 amide bonds. The van der Waals surface area contributed by atoms with Crippen molar-refractivity contribution >= 4 is 11.6 Å². The van der Waals surface area contributed by atoms with Crippen LogP contribution in [0.15, 0.2) is 12.4 Å². The molecule has 1 saturated heterocycles. The monoisotopic (exact) mass is 209 g/mol. The summed E-state index contributed by atoms with van der Waals surface area (Å²) < 4.78 is 4.80. The lowest BCUT2D eigenvalue weighted by molar-refractivity contribution is -0.117. The first-order valence-corrected chi connectivity index (χ1v) is 4.55. The van der Waals surface area contributed by atoms with Crippen molar-refractivity contribution in [3.05, 3.63) is 12.4 Å². The molecule has 6 heteroatoms. The number of carbonyl (C=O) groups excluding carboxylic acids is 1. The maximum atomic E-state index is 11.4. The van der Waals surface area contributed by atoms with E-state index in [0.717, 1.165) is 0 Å². The van der Waals surface area contributed by atoms with Crippen molar-refractivity contribution in [1.82, 2.24) is 9.97 Å². The van der Waals surface area contributed by atoms with Gasteiger partial charge in [0.2, 0.25) is 5.91 Å². The van der Waals surface area contributed by atoms with Crippen molar-refractivity contribution in [3.63, 3.8) is 0 Å². The number of ether oxygens (including phenoxy) is 1. The van der Waals surface area contributed by atoms with Crippen LogP contribution in [0.5, 0.6) is 6.01 Å². The molecule has 6 nitrogen and oxygen atoms in total. The zero-order valence-corrected chi connectivity index (χ0v) is 8.25. The molecule has 0 spiro atoms. The molecule has 1 aromatic heterocycles. The predicted octanol–water partition coefficient (Wildman–Crippen LogP) is -0.417. The molecule has 1 atom stereocenters. The summed E-state index contributed by atoms with van der Waals surface area (Å²) in [7, 11) is 1.47. The maximum absolute atomic E-state index is 11.4. The summed E-state index contributed by atoms with van der Waals surface area (Å²) in [6.45, 7) is 0.300. The van der Waals surface area contributed by atoms with Gasteiger partial charge in [0, 0.05) is 0 Å². The highest BCUT2D eigenvalue weighted by Gasteiger charge is 2.29. The Bertz CT molecular complexity index is 365. The van der Waals surface area contributed by atoms with Gasteiger partial charge in [-0.2, -0.15) is 0 Å². The van der Waals surface area contributed by atoms with Crippen LogP contribution in [-0.4, -0.2) is 40.7 Å². The van der Waals surface area contributed by atoms with Crippen molar-refractivity contribution in [2.45, 2.75) is 12.5 Å². The Morgan fingerprint density at radius 1 is 1.53 bits per heavy atom. The van der Waals surface area contributed by atoms with Crippen LogP contribution in [0.25, 0.3) is 0 Å². The van der Waals surface area contributed by atoms with Gasteiger partial charge in [-0.05, 0) is 0 Å². The number of aromatic nitrogens is 2. The molecule has 0 radical (unpaired) electrons. The number of hydrogen-bond donors (Lipinski definition) is 1. The normalized spacial score (nSPS) is 20.8. The first-order chi connectivity index (χ1) is 7.20. The second-order valence-electron chi connectivity index (χ2n) is 3.29. The van der Waals surface area contributed by atoms with Crippen LogP contribution < -0.4 is 9.64 Å². The highest BCUT2D eigenvalue weighted by Crippen LogP contribution is 2.20. The van der Waals surface area contributed by atoms with Crippen LogP contribution in [0.4, 0.5) is 5.69 Å². The fraction of sp³-hybridized carbons (Fsp3) is 0.444. The SMILES string of the molecule is COc1ncc(N2CC(O)CC2=O)cn1. The fourth-order valence-corrected chi connectivity index (χ4v) is 1.49. The Morgan fingerprint density at radius 3 is 2.67 bits per heavy atom. The molecular formula is C9H11N3O3. The Kier molecular flexibility index (Phi) is 2.51. The number of hydrogen-bond acceptors (Lipinski definition) is 5. The topological polar surface area (TPSA) is 75.6 Å². The van der Waals surface area contributed by atoms with Crippen molar-refractivity contribution in [2.24, 2.45) is 0 Å². The molecule has 1 unspecified atom stereocenters. The summed E-state index contributed by atoms with van der Waals surface area (Å²) in [5.41, 5.74) is 0.581. The first kappa shape index (κ1) is 9.85. The van der Waals surface area contributed by atoms with Crippen molar-refractivity contribution in [1.29, 1.82) is 0 Å². The lowest BCUT2D eigenvalue weighted by atomic mass is 10.3. The molecule has 1 aliphatic heterocycles. The highest BCUT2D eigenvalue weighted by atomic mass is 16.5. The van der Waals surface area contributed by atoms with Crippen LogP contribution in [0.2, 0.25) is 0 Å². The standard InChI is InChI=1S/C9H11N3O3/c1-15-9-10-3-6(4-11-9)12-5-7(13)2-8(12)14/h3-4,7,13H,2,5H2,1H3. The molecule has 0 aliphatic carbocycles. The molecule has 1 N–H and O–H groups in total.